The summed E-state index contributed by atoms with van der Waals surface area (Å²) in [5, 5.41) is 21.7. The standard InChI is InChI=1S/C10H16N4O/c1-14-12-10(11-13-14)7-9(15)8-5-3-2-4-6-8/h2-3,8-9,15H,4-7H2,1H3. The number of allylic oxidation sites excluding steroid dienone is 2. The van der Waals surface area contributed by atoms with E-state index in [1.807, 2.05) is 0 Å². The molecular weight excluding hydrogens is 192 g/mol. The second-order valence-electron chi connectivity index (χ2n) is 4.01. The van der Waals surface area contributed by atoms with Gasteiger partial charge in [-0.2, -0.15) is 4.80 Å². The number of hydrogen-bond acceptors (Lipinski definition) is 4. The van der Waals surface area contributed by atoms with Crippen molar-refractivity contribution in [2.75, 3.05) is 0 Å². The van der Waals surface area contributed by atoms with E-state index in [0.29, 0.717) is 18.2 Å². The number of rotatable bonds is 3. The molecule has 15 heavy (non-hydrogen) atoms. The van der Waals surface area contributed by atoms with Crippen LogP contribution in [0.15, 0.2) is 12.2 Å². The molecule has 2 rings (SSSR count). The lowest BCUT2D eigenvalue weighted by Crippen LogP contribution is -2.24. The number of aliphatic hydroxyl groups excluding tert-OH is 1. The third-order valence-corrected chi connectivity index (χ3v) is 2.80. The molecule has 0 saturated carbocycles. The van der Waals surface area contributed by atoms with Gasteiger partial charge in [0.1, 0.15) is 0 Å². The zero-order chi connectivity index (χ0) is 10.7. The van der Waals surface area contributed by atoms with Crippen molar-refractivity contribution in [2.45, 2.75) is 31.8 Å². The zero-order valence-corrected chi connectivity index (χ0v) is 8.87. The number of nitrogens with zero attached hydrogens (tertiary/aromatic N) is 4. The number of aryl methyl sites for hydroxylation is 1. The Morgan fingerprint density at radius 3 is 3.07 bits per heavy atom. The van der Waals surface area contributed by atoms with Gasteiger partial charge in [0.05, 0.1) is 13.2 Å². The van der Waals surface area contributed by atoms with Crippen LogP contribution in [0.5, 0.6) is 0 Å². The molecule has 0 spiro atoms. The van der Waals surface area contributed by atoms with Crippen LogP contribution in [0, 0.1) is 5.92 Å². The molecule has 0 radical (unpaired) electrons. The van der Waals surface area contributed by atoms with Crippen molar-refractivity contribution >= 4 is 0 Å². The molecular formula is C10H16N4O. The molecule has 2 atom stereocenters. The largest absolute Gasteiger partial charge is 0.392 e. The summed E-state index contributed by atoms with van der Waals surface area (Å²) < 4.78 is 0. The minimum atomic E-state index is -0.348. The fourth-order valence-corrected chi connectivity index (χ4v) is 1.93. The van der Waals surface area contributed by atoms with Crippen LogP contribution in [0.4, 0.5) is 0 Å². The molecule has 0 fully saturated rings. The molecule has 1 N–H and O–H groups in total. The van der Waals surface area contributed by atoms with E-state index in [1.54, 1.807) is 7.05 Å². The van der Waals surface area contributed by atoms with Crippen LogP contribution >= 0.6 is 0 Å². The first-order chi connectivity index (χ1) is 7.25. The monoisotopic (exact) mass is 208 g/mol. The van der Waals surface area contributed by atoms with Crippen molar-refractivity contribution in [3.05, 3.63) is 18.0 Å². The van der Waals surface area contributed by atoms with Crippen LogP contribution in [0.25, 0.3) is 0 Å². The van der Waals surface area contributed by atoms with E-state index in [9.17, 15) is 5.11 Å². The van der Waals surface area contributed by atoms with Gasteiger partial charge in [0.15, 0.2) is 5.82 Å². The Hall–Kier alpha value is -1.23. The molecule has 5 heteroatoms. The van der Waals surface area contributed by atoms with Crippen LogP contribution < -0.4 is 0 Å². The average Bonchev–Trinajstić information content (AvgIpc) is 2.65. The molecule has 0 aliphatic heterocycles. The number of aromatic nitrogens is 4. The Balaban J connectivity index is 1.91. The highest BCUT2D eigenvalue weighted by Gasteiger charge is 2.21. The van der Waals surface area contributed by atoms with E-state index in [0.717, 1.165) is 19.3 Å². The number of tetrazole rings is 1. The van der Waals surface area contributed by atoms with E-state index in [-0.39, 0.29) is 6.10 Å². The summed E-state index contributed by atoms with van der Waals surface area (Å²) in [5.74, 6) is 0.971. The van der Waals surface area contributed by atoms with Gasteiger partial charge in [-0.1, -0.05) is 12.2 Å². The van der Waals surface area contributed by atoms with Gasteiger partial charge in [0.2, 0.25) is 0 Å². The van der Waals surface area contributed by atoms with Crippen LogP contribution in [0.3, 0.4) is 0 Å². The van der Waals surface area contributed by atoms with Crippen molar-refractivity contribution in [3.63, 3.8) is 0 Å². The van der Waals surface area contributed by atoms with Gasteiger partial charge in [-0.25, -0.2) is 0 Å². The van der Waals surface area contributed by atoms with Gasteiger partial charge >= 0.3 is 0 Å². The summed E-state index contributed by atoms with van der Waals surface area (Å²) in [7, 11) is 1.73. The second kappa shape index (κ2) is 4.53. The van der Waals surface area contributed by atoms with Crippen LogP contribution in [0.2, 0.25) is 0 Å². The average molecular weight is 208 g/mol. The maximum Gasteiger partial charge on any atom is 0.177 e. The highest BCUT2D eigenvalue weighted by molar-refractivity contribution is 4.94. The van der Waals surface area contributed by atoms with Crippen LogP contribution in [-0.2, 0) is 13.5 Å². The molecule has 1 aliphatic carbocycles. The van der Waals surface area contributed by atoms with Gasteiger partial charge in [-0.15, -0.1) is 10.2 Å². The highest BCUT2D eigenvalue weighted by atomic mass is 16.3. The minimum absolute atomic E-state index is 0.346. The molecule has 5 nitrogen and oxygen atoms in total. The number of hydrogen-bond donors (Lipinski definition) is 1. The summed E-state index contributed by atoms with van der Waals surface area (Å²) in [6, 6.07) is 0. The Bertz CT molecular complexity index is 347. The van der Waals surface area contributed by atoms with Gasteiger partial charge in [-0.05, 0) is 30.4 Å². The Kier molecular flexibility index (Phi) is 3.11. The molecule has 1 aromatic rings. The third-order valence-electron chi connectivity index (χ3n) is 2.80. The summed E-state index contributed by atoms with van der Waals surface area (Å²) in [6.45, 7) is 0. The van der Waals surface area contributed by atoms with Crippen LogP contribution in [-0.4, -0.2) is 31.4 Å². The predicted octanol–water partition coefficient (Wildman–Crippen LogP) is 0.470. The van der Waals surface area contributed by atoms with E-state index < -0.39 is 0 Å². The normalized spacial score (nSPS) is 22.9. The Morgan fingerprint density at radius 1 is 1.60 bits per heavy atom. The van der Waals surface area contributed by atoms with Crippen LogP contribution in [0.1, 0.15) is 25.1 Å². The highest BCUT2D eigenvalue weighted by Crippen LogP contribution is 2.22. The lowest BCUT2D eigenvalue weighted by molar-refractivity contribution is 0.100. The predicted molar refractivity (Wildman–Crippen MR) is 55.0 cm³/mol. The van der Waals surface area contributed by atoms with Crippen molar-refractivity contribution in [1.82, 2.24) is 20.2 Å². The fourth-order valence-electron chi connectivity index (χ4n) is 1.93. The second-order valence-corrected chi connectivity index (χ2v) is 4.01. The molecule has 1 aromatic heterocycles. The summed E-state index contributed by atoms with van der Waals surface area (Å²) in [5.41, 5.74) is 0. The molecule has 0 amide bonds. The van der Waals surface area contributed by atoms with E-state index in [4.69, 9.17) is 0 Å². The first kappa shape index (κ1) is 10.3. The van der Waals surface area contributed by atoms with Gasteiger partial charge in [-0.3, -0.25) is 0 Å². The Morgan fingerprint density at radius 2 is 2.47 bits per heavy atom. The molecule has 1 aliphatic rings. The topological polar surface area (TPSA) is 63.8 Å². The van der Waals surface area contributed by atoms with E-state index >= 15 is 0 Å². The van der Waals surface area contributed by atoms with E-state index in [1.165, 1.54) is 4.80 Å². The summed E-state index contributed by atoms with van der Waals surface area (Å²) >= 11 is 0. The SMILES string of the molecule is Cn1nnc(CC(O)C2CC=CCC2)n1. The first-order valence-corrected chi connectivity index (χ1v) is 5.31. The third kappa shape index (κ3) is 2.62. The minimum Gasteiger partial charge on any atom is -0.392 e. The molecule has 0 aromatic carbocycles. The number of aliphatic hydroxyl groups is 1. The van der Waals surface area contributed by atoms with Gasteiger partial charge < -0.3 is 5.11 Å². The lowest BCUT2D eigenvalue weighted by atomic mass is 9.88. The van der Waals surface area contributed by atoms with Crippen molar-refractivity contribution < 1.29 is 5.11 Å². The van der Waals surface area contributed by atoms with Gasteiger partial charge in [0, 0.05) is 6.42 Å². The molecule has 82 valence electrons. The van der Waals surface area contributed by atoms with Crippen molar-refractivity contribution in [2.24, 2.45) is 13.0 Å². The summed E-state index contributed by atoms with van der Waals surface area (Å²) in [6.07, 6.45) is 7.55. The van der Waals surface area contributed by atoms with Crippen molar-refractivity contribution in [3.8, 4) is 0 Å². The Labute approximate surface area is 88.8 Å². The lowest BCUT2D eigenvalue weighted by Gasteiger charge is -2.22. The van der Waals surface area contributed by atoms with Crippen molar-refractivity contribution in [1.29, 1.82) is 0 Å². The maximum absolute atomic E-state index is 9.99. The van der Waals surface area contributed by atoms with E-state index in [2.05, 4.69) is 27.6 Å². The molecule has 1 heterocycles. The molecule has 0 bridgehead atoms. The first-order valence-electron chi connectivity index (χ1n) is 5.31. The maximum atomic E-state index is 9.99. The molecule has 0 saturated heterocycles. The van der Waals surface area contributed by atoms with Gasteiger partial charge in [0.25, 0.3) is 0 Å². The quantitative estimate of drug-likeness (QED) is 0.733. The fraction of sp³-hybridized carbons (Fsp3) is 0.700. The molecule has 2 unspecified atom stereocenters. The zero-order valence-electron chi connectivity index (χ0n) is 8.87. The smallest absolute Gasteiger partial charge is 0.177 e. The summed E-state index contributed by atoms with van der Waals surface area (Å²) in [4.78, 5) is 1.42.